The van der Waals surface area contributed by atoms with Crippen molar-refractivity contribution in [1.82, 2.24) is 0 Å². The standard InChI is InChI=1S/2C40H84N.C14H10O5S/c2*1-5-9-13-17-21-25-29-33-37-41(38-34-30-26-22-18-14-10-6-2,39-35-31-27-23-19-15-11-7-3)40-36-32-28-24-20-16-12-8-4;15-13(16)9-1-5-11(6-2-9)20(19)12-7-3-10(4-8-12)14(17)18/h2*5-40H2,1-4H3;1-8H,(H,15,16)(H,17,18)/q2*+1;/p-2. The largest absolute Gasteiger partial charge is 0.545 e. The number of carbonyl (C=O) groups excluding carboxylic acids is 2. The topological polar surface area (TPSA) is 97.3 Å². The van der Waals surface area contributed by atoms with Crippen molar-refractivity contribution in [3.8, 4) is 0 Å². The molecule has 0 radical (unpaired) electrons. The third-order valence-electron chi connectivity index (χ3n) is 22.5. The Morgan fingerprint density at radius 2 is 0.333 bits per heavy atom. The minimum absolute atomic E-state index is 0.00181. The van der Waals surface area contributed by atoms with E-state index in [1.165, 1.54) is 521 Å². The van der Waals surface area contributed by atoms with Crippen LogP contribution >= 0.6 is 0 Å². The molecule has 0 amide bonds. The molecule has 102 heavy (non-hydrogen) atoms. The van der Waals surface area contributed by atoms with Gasteiger partial charge in [-0.25, -0.2) is 4.21 Å². The lowest BCUT2D eigenvalue weighted by Crippen LogP contribution is -2.50. The number of hydrogen-bond acceptors (Lipinski definition) is 5. The molecular formula is C94H176N2O5S. The third kappa shape index (κ3) is 61.5. The second kappa shape index (κ2) is 76.6. The van der Waals surface area contributed by atoms with Crippen molar-refractivity contribution in [2.75, 3.05) is 52.4 Å². The van der Waals surface area contributed by atoms with Gasteiger partial charge in [-0.1, -0.05) is 388 Å². The van der Waals surface area contributed by atoms with Crippen molar-refractivity contribution in [3.63, 3.8) is 0 Å². The minimum atomic E-state index is -1.52. The zero-order chi connectivity index (χ0) is 74.6. The Bertz CT molecular complexity index is 1740. The minimum Gasteiger partial charge on any atom is -0.545 e. The van der Waals surface area contributed by atoms with Gasteiger partial charge in [-0.05, 0) is 138 Å². The van der Waals surface area contributed by atoms with E-state index in [9.17, 15) is 24.0 Å². The lowest BCUT2D eigenvalue weighted by Gasteiger charge is -2.40. The van der Waals surface area contributed by atoms with E-state index in [0.29, 0.717) is 9.79 Å². The van der Waals surface area contributed by atoms with Crippen molar-refractivity contribution in [1.29, 1.82) is 0 Å². The van der Waals surface area contributed by atoms with Crippen LogP contribution in [-0.4, -0.2) is 77.5 Å². The van der Waals surface area contributed by atoms with Gasteiger partial charge in [0.05, 0.1) is 75.1 Å². The number of nitrogens with zero attached hydrogens (tertiary/aromatic N) is 2. The number of hydrogen-bond donors (Lipinski definition) is 0. The Balaban J connectivity index is 0.00000158. The fourth-order valence-electron chi connectivity index (χ4n) is 15.6. The van der Waals surface area contributed by atoms with Crippen LogP contribution in [0.1, 0.15) is 487 Å². The van der Waals surface area contributed by atoms with Crippen LogP contribution in [0.2, 0.25) is 0 Å². The molecule has 7 nitrogen and oxygen atoms in total. The zero-order valence-corrected chi connectivity index (χ0v) is 70.7. The molecule has 0 saturated heterocycles. The maximum Gasteiger partial charge on any atom is 0.0849 e. The summed E-state index contributed by atoms with van der Waals surface area (Å²) in [4.78, 5) is 22.0. The molecule has 0 saturated carbocycles. The van der Waals surface area contributed by atoms with Gasteiger partial charge >= 0.3 is 0 Å². The third-order valence-corrected chi connectivity index (χ3v) is 23.9. The van der Waals surface area contributed by atoms with E-state index in [2.05, 4.69) is 55.4 Å². The smallest absolute Gasteiger partial charge is 0.0849 e. The summed E-state index contributed by atoms with van der Waals surface area (Å²) >= 11 is 0. The van der Waals surface area contributed by atoms with E-state index in [1.807, 2.05) is 0 Å². The van der Waals surface area contributed by atoms with Crippen LogP contribution in [0.5, 0.6) is 0 Å². The van der Waals surface area contributed by atoms with Crippen molar-refractivity contribution in [2.24, 2.45) is 0 Å². The number of quaternary nitrogens is 2. The van der Waals surface area contributed by atoms with Crippen LogP contribution in [0.4, 0.5) is 0 Å². The average molecular weight is 1450 g/mol. The highest BCUT2D eigenvalue weighted by atomic mass is 32.2. The molecule has 0 aromatic heterocycles. The van der Waals surface area contributed by atoms with Crippen LogP contribution in [0, 0.1) is 0 Å². The van der Waals surface area contributed by atoms with Gasteiger partial charge in [0.2, 0.25) is 0 Å². The predicted octanol–water partition coefficient (Wildman–Crippen LogP) is 28.3. The van der Waals surface area contributed by atoms with Gasteiger partial charge in [-0.2, -0.15) is 0 Å². The van der Waals surface area contributed by atoms with E-state index < -0.39 is 22.7 Å². The van der Waals surface area contributed by atoms with Gasteiger partial charge in [-0.15, -0.1) is 0 Å². The zero-order valence-electron chi connectivity index (χ0n) is 69.9. The molecule has 0 spiro atoms. The summed E-state index contributed by atoms with van der Waals surface area (Å²) < 4.78 is 15.2. The quantitative estimate of drug-likeness (QED) is 0.0485. The maximum absolute atomic E-state index is 12.2. The number of aromatic carboxylic acids is 2. The summed E-state index contributed by atoms with van der Waals surface area (Å²) in [6.07, 6.45) is 93.5. The van der Waals surface area contributed by atoms with Gasteiger partial charge in [0.1, 0.15) is 0 Å². The van der Waals surface area contributed by atoms with E-state index in [4.69, 9.17) is 0 Å². The van der Waals surface area contributed by atoms with Crippen molar-refractivity contribution in [3.05, 3.63) is 59.7 Å². The first kappa shape index (κ1) is 99.5. The lowest BCUT2D eigenvalue weighted by atomic mass is 10.0. The average Bonchev–Trinajstić information content (AvgIpc) is 0.872. The van der Waals surface area contributed by atoms with Crippen molar-refractivity contribution in [2.45, 2.75) is 476 Å². The Labute approximate surface area is 640 Å². The molecule has 0 aliphatic heterocycles. The number of rotatable bonds is 76. The maximum atomic E-state index is 12.2. The highest BCUT2D eigenvalue weighted by molar-refractivity contribution is 7.85. The van der Waals surface area contributed by atoms with Gasteiger partial charge in [0.15, 0.2) is 0 Å². The molecular weight excluding hydrogens is 1270 g/mol. The molecule has 0 bridgehead atoms. The molecule has 2 aromatic carbocycles. The SMILES string of the molecule is CCCCCCCCCC[N+](CCCCCCCCCC)(CCCCCCCCCC)CCCCCCCCCC.CCCCCCCCCC[N+](CCCCCCCCCC)(CCCCCCCCCC)CCCCCCCCCC.O=C([O-])c1ccc(S(=O)c2ccc(C(=O)[O-])cc2)cc1. The Hall–Kier alpha value is -2.55. The second-order valence-corrected chi connectivity index (χ2v) is 33.6. The first-order valence-corrected chi connectivity index (χ1v) is 46.9. The van der Waals surface area contributed by atoms with Crippen LogP contribution in [0.3, 0.4) is 0 Å². The van der Waals surface area contributed by atoms with Gasteiger partial charge in [0, 0.05) is 9.79 Å². The first-order chi connectivity index (χ1) is 50.0. The summed E-state index contributed by atoms with van der Waals surface area (Å²) in [6, 6.07) is 10.9. The van der Waals surface area contributed by atoms with Gasteiger partial charge in [0.25, 0.3) is 0 Å². The summed E-state index contributed by atoms with van der Waals surface area (Å²) in [5.74, 6) is -2.61. The Kier molecular flexibility index (Phi) is 74.7. The van der Waals surface area contributed by atoms with E-state index in [0.717, 1.165) is 0 Å². The van der Waals surface area contributed by atoms with Crippen molar-refractivity contribution < 1.29 is 33.0 Å². The fourth-order valence-corrected chi connectivity index (χ4v) is 16.6. The van der Waals surface area contributed by atoms with Crippen LogP contribution in [0.25, 0.3) is 0 Å². The van der Waals surface area contributed by atoms with Crippen LogP contribution < -0.4 is 10.2 Å². The van der Waals surface area contributed by atoms with Crippen LogP contribution in [0.15, 0.2) is 58.3 Å². The van der Waals surface area contributed by atoms with Crippen molar-refractivity contribution >= 4 is 22.7 Å². The molecule has 598 valence electrons. The predicted molar refractivity (Wildman–Crippen MR) is 447 cm³/mol. The number of carboxylic acids is 2. The fraction of sp³-hybridized carbons (Fsp3) is 0.851. The molecule has 0 heterocycles. The summed E-state index contributed by atoms with van der Waals surface area (Å²) in [5, 5.41) is 21.2. The molecule has 8 heteroatoms. The van der Waals surface area contributed by atoms with E-state index in [-0.39, 0.29) is 11.1 Å². The van der Waals surface area contributed by atoms with Crippen LogP contribution in [-0.2, 0) is 10.8 Å². The number of carboxylic acid groups (broad SMARTS) is 2. The number of carbonyl (C=O) groups is 2. The molecule has 0 atom stereocenters. The number of benzene rings is 2. The molecule has 0 fully saturated rings. The second-order valence-electron chi connectivity index (χ2n) is 32.2. The molecule has 2 aromatic rings. The lowest BCUT2D eigenvalue weighted by molar-refractivity contribution is -0.929. The monoisotopic (exact) mass is 1450 g/mol. The molecule has 2 rings (SSSR count). The Morgan fingerprint density at radius 3 is 0.451 bits per heavy atom. The van der Waals surface area contributed by atoms with E-state index in [1.54, 1.807) is 0 Å². The van der Waals surface area contributed by atoms with E-state index >= 15 is 0 Å². The Morgan fingerprint density at radius 1 is 0.216 bits per heavy atom. The van der Waals surface area contributed by atoms with Gasteiger partial charge < -0.3 is 28.8 Å². The summed E-state index contributed by atoms with van der Waals surface area (Å²) in [7, 11) is -1.52. The number of unbranched alkanes of at least 4 members (excludes halogenated alkanes) is 56. The molecule has 0 unspecified atom stereocenters. The first-order valence-electron chi connectivity index (χ1n) is 45.7. The highest BCUT2D eigenvalue weighted by Crippen LogP contribution is 2.25. The highest BCUT2D eigenvalue weighted by Gasteiger charge is 2.27. The van der Waals surface area contributed by atoms with Gasteiger partial charge in [-0.3, -0.25) is 0 Å². The molecule has 0 aliphatic rings. The summed E-state index contributed by atoms with van der Waals surface area (Å²) in [5.41, 5.74) is -0.00361. The molecule has 0 N–H and O–H groups in total. The summed E-state index contributed by atoms with van der Waals surface area (Å²) in [6.45, 7) is 30.6. The molecule has 0 aliphatic carbocycles. The normalized spacial score (nSPS) is 11.7.